The maximum absolute atomic E-state index is 12.2. The van der Waals surface area contributed by atoms with Crippen LogP contribution < -0.4 is 4.74 Å². The molecule has 0 bridgehead atoms. The van der Waals surface area contributed by atoms with E-state index < -0.39 is 5.97 Å². The van der Waals surface area contributed by atoms with Crippen molar-refractivity contribution in [3.8, 4) is 5.75 Å². The Kier molecular flexibility index (Phi) is 4.47. The number of nitrogens with zero attached hydrogens (tertiary/aromatic N) is 2. The first-order valence-corrected chi connectivity index (χ1v) is 7.23. The van der Waals surface area contributed by atoms with Crippen LogP contribution in [0, 0.1) is 0 Å². The third-order valence-corrected chi connectivity index (χ3v) is 3.45. The highest BCUT2D eigenvalue weighted by Crippen LogP contribution is 2.18. The zero-order valence-electron chi connectivity index (χ0n) is 12.9. The van der Waals surface area contributed by atoms with Gasteiger partial charge in [0.15, 0.2) is 6.61 Å². The number of carbonyl (C=O) groups excluding carboxylic acids is 2. The summed E-state index contributed by atoms with van der Waals surface area (Å²) in [5, 5.41) is 0. The van der Waals surface area contributed by atoms with Gasteiger partial charge in [-0.1, -0.05) is 12.1 Å². The van der Waals surface area contributed by atoms with E-state index in [1.807, 2.05) is 0 Å². The summed E-state index contributed by atoms with van der Waals surface area (Å²) >= 11 is 0. The van der Waals surface area contributed by atoms with Gasteiger partial charge in [-0.15, -0.1) is 0 Å². The van der Waals surface area contributed by atoms with Gasteiger partial charge in [-0.3, -0.25) is 14.8 Å². The summed E-state index contributed by atoms with van der Waals surface area (Å²) in [5.41, 5.74) is 1.95. The van der Waals surface area contributed by atoms with Crippen molar-refractivity contribution in [3.05, 3.63) is 66.0 Å². The minimum absolute atomic E-state index is 0.316. The molecule has 0 fully saturated rings. The SMILES string of the molecule is COc1ccccc1C(=O)COC(=O)c1ccc2nccnc2c1. The van der Waals surface area contributed by atoms with Crippen LogP contribution in [0.2, 0.25) is 0 Å². The Morgan fingerprint density at radius 1 is 1.00 bits per heavy atom. The van der Waals surface area contributed by atoms with Crippen LogP contribution in [0.5, 0.6) is 5.75 Å². The number of para-hydroxylation sites is 1. The first-order valence-electron chi connectivity index (χ1n) is 7.23. The van der Waals surface area contributed by atoms with E-state index in [0.717, 1.165) is 0 Å². The molecular formula is C18H14N2O4. The molecule has 6 heteroatoms. The van der Waals surface area contributed by atoms with E-state index in [-0.39, 0.29) is 12.4 Å². The molecule has 2 aromatic carbocycles. The molecule has 0 saturated heterocycles. The number of hydrogen-bond donors (Lipinski definition) is 0. The molecule has 3 rings (SSSR count). The van der Waals surface area contributed by atoms with Crippen molar-refractivity contribution < 1.29 is 19.1 Å². The van der Waals surface area contributed by atoms with Crippen LogP contribution in [-0.2, 0) is 4.74 Å². The quantitative estimate of drug-likeness (QED) is 0.531. The maximum Gasteiger partial charge on any atom is 0.338 e. The molecule has 0 saturated carbocycles. The van der Waals surface area contributed by atoms with Crippen molar-refractivity contribution >= 4 is 22.8 Å². The van der Waals surface area contributed by atoms with E-state index in [2.05, 4.69) is 9.97 Å². The Morgan fingerprint density at radius 3 is 2.54 bits per heavy atom. The van der Waals surface area contributed by atoms with Gasteiger partial charge in [0.05, 0.1) is 29.3 Å². The second-order valence-electron chi connectivity index (χ2n) is 4.96. The van der Waals surface area contributed by atoms with Gasteiger partial charge in [0.25, 0.3) is 0 Å². The molecule has 1 aromatic heterocycles. The van der Waals surface area contributed by atoms with Crippen molar-refractivity contribution in [2.75, 3.05) is 13.7 Å². The van der Waals surface area contributed by atoms with Crippen molar-refractivity contribution in [2.24, 2.45) is 0 Å². The number of hydrogen-bond acceptors (Lipinski definition) is 6. The molecule has 120 valence electrons. The molecule has 0 aliphatic heterocycles. The number of rotatable bonds is 5. The minimum atomic E-state index is -0.592. The average Bonchev–Trinajstić information content (AvgIpc) is 2.65. The number of aromatic nitrogens is 2. The van der Waals surface area contributed by atoms with Crippen LogP contribution in [0.1, 0.15) is 20.7 Å². The molecule has 3 aromatic rings. The normalized spacial score (nSPS) is 10.4. The molecule has 0 aliphatic carbocycles. The topological polar surface area (TPSA) is 78.4 Å². The largest absolute Gasteiger partial charge is 0.496 e. The molecule has 0 amide bonds. The summed E-state index contributed by atoms with van der Waals surface area (Å²) in [4.78, 5) is 32.6. The minimum Gasteiger partial charge on any atom is -0.496 e. The van der Waals surface area contributed by atoms with Crippen LogP contribution in [0.4, 0.5) is 0 Å². The maximum atomic E-state index is 12.2. The first kappa shape index (κ1) is 15.6. The third kappa shape index (κ3) is 3.22. The van der Waals surface area contributed by atoms with E-state index in [0.29, 0.717) is 27.9 Å². The van der Waals surface area contributed by atoms with Gasteiger partial charge < -0.3 is 9.47 Å². The van der Waals surface area contributed by atoms with Gasteiger partial charge in [-0.05, 0) is 30.3 Å². The number of ether oxygens (including phenoxy) is 2. The van der Waals surface area contributed by atoms with Crippen LogP contribution in [0.3, 0.4) is 0 Å². The molecule has 0 atom stereocenters. The van der Waals surface area contributed by atoms with Crippen molar-refractivity contribution in [1.82, 2.24) is 9.97 Å². The van der Waals surface area contributed by atoms with E-state index in [1.54, 1.807) is 54.9 Å². The highest BCUT2D eigenvalue weighted by atomic mass is 16.5. The van der Waals surface area contributed by atoms with E-state index >= 15 is 0 Å². The predicted octanol–water partition coefficient (Wildman–Crippen LogP) is 2.68. The number of benzene rings is 2. The standard InChI is InChI=1S/C18H14N2O4/c1-23-17-5-3-2-4-13(17)16(21)11-24-18(22)12-6-7-14-15(10-12)20-9-8-19-14/h2-10H,11H2,1H3. The number of ketones is 1. The van der Waals surface area contributed by atoms with Crippen LogP contribution >= 0.6 is 0 Å². The summed E-state index contributed by atoms with van der Waals surface area (Å²) in [6.45, 7) is -0.363. The van der Waals surface area contributed by atoms with Gasteiger partial charge in [0, 0.05) is 12.4 Å². The molecule has 0 aliphatic rings. The van der Waals surface area contributed by atoms with E-state index in [1.165, 1.54) is 7.11 Å². The Hall–Kier alpha value is -3.28. The van der Waals surface area contributed by atoms with Crippen molar-refractivity contribution in [2.45, 2.75) is 0 Å². The molecule has 0 N–H and O–H groups in total. The lowest BCUT2D eigenvalue weighted by Crippen LogP contribution is -2.15. The van der Waals surface area contributed by atoms with Gasteiger partial charge in [0.2, 0.25) is 5.78 Å². The Balaban J connectivity index is 1.71. The summed E-state index contributed by atoms with van der Waals surface area (Å²) in [6, 6.07) is 11.6. The van der Waals surface area contributed by atoms with E-state index in [4.69, 9.17) is 9.47 Å². The lowest BCUT2D eigenvalue weighted by Gasteiger charge is -2.08. The highest BCUT2D eigenvalue weighted by Gasteiger charge is 2.15. The molecular weight excluding hydrogens is 308 g/mol. The fraction of sp³-hybridized carbons (Fsp3) is 0.111. The van der Waals surface area contributed by atoms with Crippen molar-refractivity contribution in [1.29, 1.82) is 0 Å². The molecule has 24 heavy (non-hydrogen) atoms. The average molecular weight is 322 g/mol. The first-order chi connectivity index (χ1) is 11.7. The Bertz CT molecular complexity index is 908. The van der Waals surface area contributed by atoms with Gasteiger partial charge >= 0.3 is 5.97 Å². The second-order valence-corrected chi connectivity index (χ2v) is 4.96. The van der Waals surface area contributed by atoms with E-state index in [9.17, 15) is 9.59 Å². The van der Waals surface area contributed by atoms with Crippen molar-refractivity contribution in [3.63, 3.8) is 0 Å². The van der Waals surface area contributed by atoms with Crippen LogP contribution in [0.25, 0.3) is 11.0 Å². The molecule has 0 radical (unpaired) electrons. The summed E-state index contributed by atoms with van der Waals surface area (Å²) < 4.78 is 10.2. The predicted molar refractivity (Wildman–Crippen MR) is 87.1 cm³/mol. The number of Topliss-reactive ketones (excluding diaryl/α,β-unsaturated/α-hetero) is 1. The number of esters is 1. The molecule has 0 spiro atoms. The molecule has 0 unspecified atom stereocenters. The Morgan fingerprint density at radius 2 is 1.75 bits per heavy atom. The Labute approximate surface area is 138 Å². The molecule has 6 nitrogen and oxygen atoms in total. The second kappa shape index (κ2) is 6.87. The van der Waals surface area contributed by atoms with Gasteiger partial charge in [0.1, 0.15) is 5.75 Å². The number of fused-ring (bicyclic) bond motifs is 1. The zero-order valence-corrected chi connectivity index (χ0v) is 12.9. The third-order valence-electron chi connectivity index (χ3n) is 3.45. The number of methoxy groups -OCH3 is 1. The van der Waals surface area contributed by atoms with Crippen LogP contribution in [-0.4, -0.2) is 35.4 Å². The fourth-order valence-electron chi connectivity index (χ4n) is 2.26. The number of carbonyl (C=O) groups is 2. The summed E-state index contributed by atoms with van der Waals surface area (Å²) in [6.07, 6.45) is 3.12. The summed E-state index contributed by atoms with van der Waals surface area (Å²) in [5.74, 6) is -0.480. The fourth-order valence-corrected chi connectivity index (χ4v) is 2.26. The smallest absolute Gasteiger partial charge is 0.338 e. The van der Waals surface area contributed by atoms with Gasteiger partial charge in [-0.2, -0.15) is 0 Å². The lowest BCUT2D eigenvalue weighted by molar-refractivity contribution is 0.0474. The zero-order chi connectivity index (χ0) is 16.9. The monoisotopic (exact) mass is 322 g/mol. The molecule has 1 heterocycles. The summed E-state index contributed by atoms with van der Waals surface area (Å²) in [7, 11) is 1.48. The van der Waals surface area contributed by atoms with Gasteiger partial charge in [-0.25, -0.2) is 4.79 Å². The van der Waals surface area contributed by atoms with Crippen LogP contribution in [0.15, 0.2) is 54.9 Å². The highest BCUT2D eigenvalue weighted by molar-refractivity contribution is 6.01. The lowest BCUT2D eigenvalue weighted by atomic mass is 10.1.